The van der Waals surface area contributed by atoms with Crippen molar-refractivity contribution in [3.8, 4) is 11.6 Å². The fourth-order valence-corrected chi connectivity index (χ4v) is 3.39. The second-order valence-electron chi connectivity index (χ2n) is 7.00. The molecule has 2 N–H and O–H groups in total. The number of nitrogens with one attached hydrogen (secondary N) is 2. The molecule has 1 aliphatic heterocycles. The smallest absolute Gasteiger partial charge is 0.321 e. The predicted molar refractivity (Wildman–Crippen MR) is 108 cm³/mol. The second-order valence-corrected chi connectivity index (χ2v) is 7.00. The third kappa shape index (κ3) is 4.98. The standard InChI is InChI=1S/C20H27N5O4/c1-24-13-15(19(23-24)29-3)18(26)21-12-14-8-10-25(11-9-14)20(27)22-16-6-4-5-7-17(16)28-2/h4-7,13-14H,8-12H2,1-3H3,(H,21,26)(H,22,27). The Hall–Kier alpha value is -3.23. The molecule has 0 saturated carbocycles. The van der Waals surface area contributed by atoms with Crippen molar-refractivity contribution in [3.05, 3.63) is 36.0 Å². The van der Waals surface area contributed by atoms with Crippen molar-refractivity contribution in [2.75, 3.05) is 39.2 Å². The van der Waals surface area contributed by atoms with Gasteiger partial charge in [0, 0.05) is 32.9 Å². The lowest BCUT2D eigenvalue weighted by molar-refractivity contribution is 0.0935. The van der Waals surface area contributed by atoms with E-state index < -0.39 is 0 Å². The zero-order valence-electron chi connectivity index (χ0n) is 17.0. The Balaban J connectivity index is 1.46. The van der Waals surface area contributed by atoms with Gasteiger partial charge in [-0.3, -0.25) is 9.48 Å². The number of rotatable bonds is 6. The summed E-state index contributed by atoms with van der Waals surface area (Å²) in [6.07, 6.45) is 3.28. The first-order valence-corrected chi connectivity index (χ1v) is 9.56. The fraction of sp³-hybridized carbons (Fsp3) is 0.450. The Kier molecular flexibility index (Phi) is 6.58. The van der Waals surface area contributed by atoms with Crippen molar-refractivity contribution >= 4 is 17.6 Å². The van der Waals surface area contributed by atoms with Gasteiger partial charge < -0.3 is 25.0 Å². The van der Waals surface area contributed by atoms with Gasteiger partial charge in [0.2, 0.25) is 5.88 Å². The highest BCUT2D eigenvalue weighted by atomic mass is 16.5. The number of nitrogens with zero attached hydrogens (tertiary/aromatic N) is 3. The molecule has 156 valence electrons. The van der Waals surface area contributed by atoms with Crippen LogP contribution in [0, 0.1) is 5.92 Å². The third-order valence-corrected chi connectivity index (χ3v) is 5.03. The number of para-hydroxylation sites is 2. The Morgan fingerprint density at radius 3 is 2.59 bits per heavy atom. The number of methoxy groups -OCH3 is 2. The minimum atomic E-state index is -0.203. The maximum absolute atomic E-state index is 12.5. The molecule has 0 bridgehead atoms. The summed E-state index contributed by atoms with van der Waals surface area (Å²) < 4.78 is 12.0. The number of amides is 3. The van der Waals surface area contributed by atoms with Crippen LogP contribution in [0.1, 0.15) is 23.2 Å². The van der Waals surface area contributed by atoms with Crippen molar-refractivity contribution in [2.45, 2.75) is 12.8 Å². The second kappa shape index (κ2) is 9.31. The molecule has 0 radical (unpaired) electrons. The molecule has 1 aromatic heterocycles. The van der Waals surface area contributed by atoms with Gasteiger partial charge in [-0.05, 0) is 30.9 Å². The van der Waals surface area contributed by atoms with E-state index in [9.17, 15) is 9.59 Å². The number of anilines is 1. The molecule has 3 rings (SSSR count). The molecular formula is C20H27N5O4. The van der Waals surface area contributed by atoms with Crippen molar-refractivity contribution in [1.29, 1.82) is 0 Å². The molecule has 2 heterocycles. The van der Waals surface area contributed by atoms with Gasteiger partial charge in [0.25, 0.3) is 5.91 Å². The van der Waals surface area contributed by atoms with Gasteiger partial charge in [0.15, 0.2) is 0 Å². The number of likely N-dealkylation sites (tertiary alicyclic amines) is 1. The number of aryl methyl sites for hydroxylation is 1. The van der Waals surface area contributed by atoms with E-state index >= 15 is 0 Å². The Morgan fingerprint density at radius 1 is 1.17 bits per heavy atom. The largest absolute Gasteiger partial charge is 0.495 e. The molecule has 1 aromatic carbocycles. The summed E-state index contributed by atoms with van der Waals surface area (Å²) >= 11 is 0. The predicted octanol–water partition coefficient (Wildman–Crippen LogP) is 2.11. The summed E-state index contributed by atoms with van der Waals surface area (Å²) in [5.74, 6) is 1.06. The molecule has 3 amide bonds. The first-order valence-electron chi connectivity index (χ1n) is 9.56. The minimum Gasteiger partial charge on any atom is -0.495 e. The van der Waals surface area contributed by atoms with Gasteiger partial charge in [-0.2, -0.15) is 0 Å². The molecule has 1 saturated heterocycles. The van der Waals surface area contributed by atoms with Crippen LogP contribution < -0.4 is 20.1 Å². The van der Waals surface area contributed by atoms with Crippen molar-refractivity contribution < 1.29 is 19.1 Å². The van der Waals surface area contributed by atoms with Gasteiger partial charge >= 0.3 is 6.03 Å². The van der Waals surface area contributed by atoms with E-state index in [1.165, 1.54) is 7.11 Å². The quantitative estimate of drug-likeness (QED) is 0.773. The van der Waals surface area contributed by atoms with Gasteiger partial charge in [-0.25, -0.2) is 4.79 Å². The van der Waals surface area contributed by atoms with Crippen LogP contribution in [-0.2, 0) is 7.05 Å². The fourth-order valence-electron chi connectivity index (χ4n) is 3.39. The van der Waals surface area contributed by atoms with Crippen LogP contribution >= 0.6 is 0 Å². The van der Waals surface area contributed by atoms with Crippen LogP contribution in [0.5, 0.6) is 11.6 Å². The Labute approximate surface area is 170 Å². The minimum absolute atomic E-state index is 0.142. The molecule has 1 fully saturated rings. The number of piperidine rings is 1. The van der Waals surface area contributed by atoms with Crippen molar-refractivity contribution in [2.24, 2.45) is 13.0 Å². The molecule has 9 heteroatoms. The molecule has 2 aromatic rings. The maximum atomic E-state index is 12.5. The molecule has 0 atom stereocenters. The summed E-state index contributed by atoms with van der Waals surface area (Å²) in [4.78, 5) is 26.7. The molecule has 0 unspecified atom stereocenters. The summed E-state index contributed by atoms with van der Waals surface area (Å²) in [5.41, 5.74) is 1.07. The Morgan fingerprint density at radius 2 is 1.90 bits per heavy atom. The average molecular weight is 401 g/mol. The summed E-state index contributed by atoms with van der Waals surface area (Å²) in [6.45, 7) is 1.83. The highest BCUT2D eigenvalue weighted by Gasteiger charge is 2.24. The highest BCUT2D eigenvalue weighted by Crippen LogP contribution is 2.24. The molecule has 29 heavy (non-hydrogen) atoms. The first-order chi connectivity index (χ1) is 14.0. The van der Waals surface area contributed by atoms with E-state index in [4.69, 9.17) is 9.47 Å². The van der Waals surface area contributed by atoms with Gasteiger partial charge in [0.05, 0.1) is 19.9 Å². The molecule has 0 aliphatic carbocycles. The third-order valence-electron chi connectivity index (χ3n) is 5.03. The van der Waals surface area contributed by atoms with Crippen molar-refractivity contribution in [1.82, 2.24) is 20.0 Å². The monoisotopic (exact) mass is 401 g/mol. The number of ether oxygens (including phenoxy) is 2. The number of urea groups is 1. The van der Waals surface area contributed by atoms with Crippen LogP contribution in [0.15, 0.2) is 30.5 Å². The number of hydrogen-bond donors (Lipinski definition) is 2. The topological polar surface area (TPSA) is 97.7 Å². The zero-order valence-corrected chi connectivity index (χ0v) is 17.0. The van der Waals surface area contributed by atoms with Crippen LogP contribution in [-0.4, -0.2) is 60.5 Å². The molecule has 0 spiro atoms. The van der Waals surface area contributed by atoms with Crippen LogP contribution in [0.4, 0.5) is 10.5 Å². The Bertz CT molecular complexity index is 858. The van der Waals surface area contributed by atoms with E-state index in [0.29, 0.717) is 48.4 Å². The molecular weight excluding hydrogens is 374 g/mol. The highest BCUT2D eigenvalue weighted by molar-refractivity contribution is 5.96. The lowest BCUT2D eigenvalue weighted by atomic mass is 9.97. The first kappa shape index (κ1) is 20.5. The van der Waals surface area contributed by atoms with E-state index in [1.807, 2.05) is 24.3 Å². The summed E-state index contributed by atoms with van der Waals surface area (Å²) in [6, 6.07) is 7.18. The normalized spacial score (nSPS) is 14.4. The summed E-state index contributed by atoms with van der Waals surface area (Å²) in [7, 11) is 4.81. The number of carbonyl (C=O) groups excluding carboxylic acids is 2. The SMILES string of the molecule is COc1ccccc1NC(=O)N1CCC(CNC(=O)c2cn(C)nc2OC)CC1. The molecule has 9 nitrogen and oxygen atoms in total. The van der Waals surface area contributed by atoms with E-state index in [2.05, 4.69) is 15.7 Å². The van der Waals surface area contributed by atoms with Crippen LogP contribution in [0.25, 0.3) is 0 Å². The lowest BCUT2D eigenvalue weighted by Crippen LogP contribution is -2.43. The molecule has 1 aliphatic rings. The van der Waals surface area contributed by atoms with Crippen molar-refractivity contribution in [3.63, 3.8) is 0 Å². The van der Waals surface area contributed by atoms with E-state index in [-0.39, 0.29) is 11.9 Å². The van der Waals surface area contributed by atoms with Crippen LogP contribution in [0.3, 0.4) is 0 Å². The average Bonchev–Trinajstić information content (AvgIpc) is 3.13. The van der Waals surface area contributed by atoms with Gasteiger partial charge in [0.1, 0.15) is 11.3 Å². The van der Waals surface area contributed by atoms with Gasteiger partial charge in [-0.1, -0.05) is 12.1 Å². The van der Waals surface area contributed by atoms with Gasteiger partial charge in [-0.15, -0.1) is 5.10 Å². The van der Waals surface area contributed by atoms with E-state index in [1.54, 1.807) is 29.9 Å². The zero-order chi connectivity index (χ0) is 20.8. The van der Waals surface area contributed by atoms with E-state index in [0.717, 1.165) is 12.8 Å². The number of aromatic nitrogens is 2. The number of hydrogen-bond acceptors (Lipinski definition) is 5. The number of benzene rings is 1. The maximum Gasteiger partial charge on any atom is 0.321 e. The number of carbonyl (C=O) groups is 2. The lowest BCUT2D eigenvalue weighted by Gasteiger charge is -2.32. The summed E-state index contributed by atoms with van der Waals surface area (Å²) in [5, 5.41) is 9.94. The van der Waals surface area contributed by atoms with Crippen LogP contribution in [0.2, 0.25) is 0 Å².